The molecule has 5 aliphatic carbocycles. The average molecular weight is 370 g/mol. The van der Waals surface area contributed by atoms with Crippen molar-refractivity contribution in [3.8, 4) is 0 Å². The minimum absolute atomic E-state index is 0.162. The molecule has 0 aromatic carbocycles. The van der Waals surface area contributed by atoms with Crippen molar-refractivity contribution >= 4 is 9.84 Å². The Balaban J connectivity index is 1.25. The van der Waals surface area contributed by atoms with Gasteiger partial charge in [0, 0.05) is 30.9 Å². The topological polar surface area (TPSA) is 71.1 Å². The third kappa shape index (κ3) is 2.79. The van der Waals surface area contributed by atoms with Crippen LogP contribution in [0.5, 0.6) is 0 Å². The summed E-state index contributed by atoms with van der Waals surface area (Å²) in [5.41, 5.74) is 1.54. The van der Waals surface area contributed by atoms with E-state index in [0.717, 1.165) is 38.0 Å². The van der Waals surface area contributed by atoms with Crippen molar-refractivity contribution in [3.05, 3.63) is 11.6 Å². The van der Waals surface area contributed by atoms with E-state index in [1.54, 1.807) is 0 Å². The van der Waals surface area contributed by atoms with E-state index in [1.807, 2.05) is 0 Å². The molecule has 0 aromatic heterocycles. The number of hydrogen-bond donors (Lipinski definition) is 0. The molecular weight excluding hydrogens is 344 g/mol. The van der Waals surface area contributed by atoms with E-state index < -0.39 is 21.4 Å². The fraction of sp³-hybridized carbons (Fsp3) is 0.889. The fourth-order valence-corrected chi connectivity index (χ4v) is 6.89. The van der Waals surface area contributed by atoms with E-state index in [1.165, 1.54) is 18.2 Å². The van der Waals surface area contributed by atoms with E-state index in [4.69, 9.17) is 19.6 Å². The summed E-state index contributed by atoms with van der Waals surface area (Å²) in [6.07, 6.45) is 10.7. The minimum Gasteiger partial charge on any atom is -0.229 e. The van der Waals surface area contributed by atoms with Gasteiger partial charge in [0.05, 0.1) is 5.75 Å². The van der Waals surface area contributed by atoms with Crippen LogP contribution in [0.15, 0.2) is 11.6 Å². The first-order chi connectivity index (χ1) is 11.9. The lowest BCUT2D eigenvalue weighted by atomic mass is 9.58. The molecule has 6 aliphatic rings. The summed E-state index contributed by atoms with van der Waals surface area (Å²) < 4.78 is 23.0. The molecule has 4 fully saturated rings. The second-order valence-electron chi connectivity index (χ2n) is 8.88. The van der Waals surface area contributed by atoms with Crippen LogP contribution in [0.25, 0.3) is 0 Å². The van der Waals surface area contributed by atoms with Gasteiger partial charge >= 0.3 is 0 Å². The normalized spacial score (nSPS) is 48.9. The van der Waals surface area contributed by atoms with Crippen LogP contribution in [0, 0.1) is 23.7 Å². The Morgan fingerprint density at radius 3 is 2.40 bits per heavy atom. The molecule has 25 heavy (non-hydrogen) atoms. The molecule has 0 aromatic rings. The molecule has 0 N–H and O–H groups in total. The highest BCUT2D eigenvalue weighted by atomic mass is 32.2. The van der Waals surface area contributed by atoms with Gasteiger partial charge in [0.15, 0.2) is 0 Å². The molecule has 0 amide bonds. The van der Waals surface area contributed by atoms with Crippen LogP contribution in [0.3, 0.4) is 0 Å². The molecule has 140 valence electrons. The number of rotatable bonds is 2. The quantitative estimate of drug-likeness (QED) is 0.550. The lowest BCUT2D eigenvalue weighted by molar-refractivity contribution is -0.676. The summed E-state index contributed by atoms with van der Waals surface area (Å²) in [6.45, 7) is 0. The van der Waals surface area contributed by atoms with Crippen LogP contribution >= 0.6 is 0 Å². The molecule has 1 saturated heterocycles. The van der Waals surface area contributed by atoms with Gasteiger partial charge < -0.3 is 0 Å². The van der Waals surface area contributed by atoms with Crippen molar-refractivity contribution in [2.24, 2.45) is 23.7 Å². The van der Waals surface area contributed by atoms with Gasteiger partial charge in [0.1, 0.15) is 9.84 Å². The second kappa shape index (κ2) is 5.52. The number of sulfone groups is 1. The summed E-state index contributed by atoms with van der Waals surface area (Å²) in [7, 11) is -2.95. The Bertz CT molecular complexity index is 680. The molecule has 1 aliphatic heterocycles. The maximum atomic E-state index is 11.5. The van der Waals surface area contributed by atoms with Crippen LogP contribution in [-0.4, -0.2) is 32.0 Å². The van der Waals surface area contributed by atoms with Gasteiger partial charge in [-0.25, -0.2) is 8.42 Å². The summed E-state index contributed by atoms with van der Waals surface area (Å²) >= 11 is 0. The van der Waals surface area contributed by atoms with Crippen molar-refractivity contribution in [3.63, 3.8) is 0 Å². The van der Waals surface area contributed by atoms with E-state index in [0.29, 0.717) is 18.8 Å². The highest BCUT2D eigenvalue weighted by molar-refractivity contribution is 7.90. The van der Waals surface area contributed by atoms with Crippen molar-refractivity contribution in [2.45, 2.75) is 62.9 Å². The lowest BCUT2D eigenvalue weighted by Gasteiger charge is -2.57. The van der Waals surface area contributed by atoms with Crippen LogP contribution in [-0.2, 0) is 29.4 Å². The molecule has 3 unspecified atom stereocenters. The monoisotopic (exact) mass is 370 g/mol. The van der Waals surface area contributed by atoms with Crippen molar-refractivity contribution < 1.29 is 28.0 Å². The van der Waals surface area contributed by atoms with Crippen molar-refractivity contribution in [1.82, 2.24) is 0 Å². The molecule has 7 heteroatoms. The van der Waals surface area contributed by atoms with Gasteiger partial charge in [0.2, 0.25) is 11.6 Å². The largest absolute Gasteiger partial charge is 0.243 e. The molecule has 2 spiro atoms. The predicted molar refractivity (Wildman–Crippen MR) is 88.5 cm³/mol. The molecule has 3 saturated carbocycles. The summed E-state index contributed by atoms with van der Waals surface area (Å²) in [4.78, 5) is 23.6. The third-order valence-electron chi connectivity index (χ3n) is 6.84. The van der Waals surface area contributed by atoms with Crippen molar-refractivity contribution in [2.75, 3.05) is 12.0 Å². The first-order valence-electron chi connectivity index (χ1n) is 9.47. The van der Waals surface area contributed by atoms with Crippen LogP contribution in [0.2, 0.25) is 0 Å². The van der Waals surface area contributed by atoms with E-state index in [2.05, 4.69) is 6.08 Å². The number of allylic oxidation sites excluding steroid dienone is 1. The van der Waals surface area contributed by atoms with Crippen molar-refractivity contribution in [1.29, 1.82) is 0 Å². The van der Waals surface area contributed by atoms with Gasteiger partial charge in [-0.05, 0) is 50.4 Å². The Kier molecular flexibility index (Phi) is 3.68. The van der Waals surface area contributed by atoms with E-state index in [9.17, 15) is 8.42 Å². The molecule has 0 radical (unpaired) electrons. The van der Waals surface area contributed by atoms with E-state index in [-0.39, 0.29) is 17.6 Å². The molecule has 4 bridgehead atoms. The van der Waals surface area contributed by atoms with E-state index >= 15 is 0 Å². The third-order valence-corrected chi connectivity index (χ3v) is 7.92. The predicted octanol–water partition coefficient (Wildman–Crippen LogP) is 2.90. The van der Waals surface area contributed by atoms with Gasteiger partial charge in [-0.1, -0.05) is 11.6 Å². The zero-order valence-corrected chi connectivity index (χ0v) is 15.4. The Morgan fingerprint density at radius 1 is 1.08 bits per heavy atom. The highest BCUT2D eigenvalue weighted by Crippen LogP contribution is 2.59. The fourth-order valence-electron chi connectivity index (χ4n) is 5.71. The minimum atomic E-state index is -2.95. The standard InChI is InChI=1S/C18H26O6S/c1-25(19,20)11-12-2-4-17(5-3-12)21-23-18(24-22-17)15-7-13-6-14(9-15)10-16(18)8-13/h7,12,14-16H,2-6,8-11H2,1H3. The maximum Gasteiger partial charge on any atom is 0.243 e. The van der Waals surface area contributed by atoms with Gasteiger partial charge in [-0.3, -0.25) is 0 Å². The molecule has 6 nitrogen and oxygen atoms in total. The van der Waals surface area contributed by atoms with Crippen LogP contribution in [0.1, 0.15) is 51.4 Å². The molecule has 3 atom stereocenters. The number of hydrogen-bond acceptors (Lipinski definition) is 6. The van der Waals surface area contributed by atoms with Gasteiger partial charge in [-0.15, -0.1) is 0 Å². The SMILES string of the molecule is CS(=O)(=O)CC1CCC2(CC1)OOC1(OO2)C2C=C3CC(C2)CC1C3. The first-order valence-corrected chi connectivity index (χ1v) is 11.5. The highest BCUT2D eigenvalue weighted by Gasteiger charge is 2.62. The molecular formula is C18H26O6S. The maximum absolute atomic E-state index is 11.5. The molecule has 6 rings (SSSR count). The van der Waals surface area contributed by atoms with Gasteiger partial charge in [0.25, 0.3) is 0 Å². The Hall–Kier alpha value is -0.470. The summed E-state index contributed by atoms with van der Waals surface area (Å²) in [5.74, 6) is 0.0135. The Morgan fingerprint density at radius 2 is 1.80 bits per heavy atom. The van der Waals surface area contributed by atoms with Gasteiger partial charge in [-0.2, -0.15) is 19.6 Å². The summed E-state index contributed by atoms with van der Waals surface area (Å²) in [6, 6.07) is 0. The van der Waals surface area contributed by atoms with Crippen LogP contribution in [0.4, 0.5) is 0 Å². The lowest BCUT2D eigenvalue weighted by Crippen LogP contribution is -2.62. The molecule has 1 heterocycles. The zero-order chi connectivity index (χ0) is 17.3. The second-order valence-corrected chi connectivity index (χ2v) is 11.1. The first kappa shape index (κ1) is 16.7. The van der Waals surface area contributed by atoms with Crippen LogP contribution < -0.4 is 0 Å². The average Bonchev–Trinajstić information content (AvgIpc) is 2.55. The summed E-state index contributed by atoms with van der Waals surface area (Å²) in [5, 5.41) is 0. The smallest absolute Gasteiger partial charge is 0.229 e. The zero-order valence-electron chi connectivity index (χ0n) is 14.6. The Labute approximate surface area is 148 Å².